The molecular weight excluding hydrogens is 522 g/mol. The molecule has 5 aromatic rings. The van der Waals surface area contributed by atoms with Crippen molar-refractivity contribution in [2.24, 2.45) is 5.10 Å². The summed E-state index contributed by atoms with van der Waals surface area (Å²) in [6, 6.07) is 32.8. The molecule has 1 aliphatic rings. The average molecular weight is 545 g/mol. The number of hydrogen-bond donors (Lipinski definition) is 2. The van der Waals surface area contributed by atoms with Gasteiger partial charge in [0.05, 0.1) is 0 Å². The number of oxazole rings is 1. The number of aromatic nitrogens is 1. The molecule has 11 heteroatoms. The first-order chi connectivity index (χ1) is 18.3. The SMILES string of the molecule is Cc1ccc(N2NC(c3ccccc3)=N[N+]2(Sc2cccc3oc(S(=O)(=O)O)nc23)c2ccccc2)cc1. The number of anilines is 1. The van der Waals surface area contributed by atoms with Crippen LogP contribution in [-0.4, -0.2) is 23.8 Å². The van der Waals surface area contributed by atoms with Crippen molar-refractivity contribution in [3.05, 3.63) is 114 Å². The maximum atomic E-state index is 11.8. The molecule has 1 atom stereocenters. The second-order valence-corrected chi connectivity index (χ2v) is 11.0. The molecular formula is C27H22N5O4S2+. The molecule has 1 aromatic heterocycles. The van der Waals surface area contributed by atoms with E-state index in [0.29, 0.717) is 16.2 Å². The van der Waals surface area contributed by atoms with Crippen LogP contribution >= 0.6 is 11.9 Å². The van der Waals surface area contributed by atoms with Crippen molar-refractivity contribution in [1.82, 2.24) is 14.5 Å². The topological polar surface area (TPSA) is 108 Å². The maximum Gasteiger partial charge on any atom is 0.347 e. The molecule has 2 heterocycles. The highest BCUT2D eigenvalue weighted by atomic mass is 32.2. The number of nitrogens with zero attached hydrogens (tertiary/aromatic N) is 4. The normalized spacial score (nSPS) is 17.4. The summed E-state index contributed by atoms with van der Waals surface area (Å²) in [5.41, 5.74) is 7.71. The number of hydrazine groups is 1. The smallest absolute Gasteiger partial charge is 0.347 e. The average Bonchev–Trinajstić information content (AvgIpc) is 3.54. The van der Waals surface area contributed by atoms with Gasteiger partial charge in [0, 0.05) is 21.8 Å². The summed E-state index contributed by atoms with van der Waals surface area (Å²) in [4.78, 5) is 4.71. The van der Waals surface area contributed by atoms with Crippen molar-refractivity contribution in [1.29, 1.82) is 0 Å². The summed E-state index contributed by atoms with van der Waals surface area (Å²) in [6.45, 7) is 2.03. The predicted octanol–water partition coefficient (Wildman–Crippen LogP) is 5.70. The molecule has 0 spiro atoms. The summed E-state index contributed by atoms with van der Waals surface area (Å²) in [5.74, 6) is 0.647. The molecule has 38 heavy (non-hydrogen) atoms. The van der Waals surface area contributed by atoms with Crippen molar-refractivity contribution in [3.8, 4) is 0 Å². The van der Waals surface area contributed by atoms with E-state index in [2.05, 4.69) is 10.4 Å². The predicted molar refractivity (Wildman–Crippen MR) is 148 cm³/mol. The maximum absolute atomic E-state index is 11.8. The van der Waals surface area contributed by atoms with Gasteiger partial charge in [-0.25, -0.2) is 5.43 Å². The van der Waals surface area contributed by atoms with Gasteiger partial charge in [0.15, 0.2) is 23.2 Å². The molecule has 9 nitrogen and oxygen atoms in total. The van der Waals surface area contributed by atoms with E-state index in [-0.39, 0.29) is 9.69 Å². The van der Waals surface area contributed by atoms with Crippen molar-refractivity contribution in [3.63, 3.8) is 0 Å². The third-order valence-corrected chi connectivity index (χ3v) is 7.80. The fraction of sp³-hybridized carbons (Fsp3) is 0.0370. The number of rotatable bonds is 6. The molecule has 1 unspecified atom stereocenters. The van der Waals surface area contributed by atoms with Gasteiger partial charge >= 0.3 is 15.3 Å². The van der Waals surface area contributed by atoms with E-state index in [1.165, 1.54) is 11.9 Å². The molecule has 4 aromatic carbocycles. The van der Waals surface area contributed by atoms with E-state index in [4.69, 9.17) is 9.52 Å². The lowest BCUT2D eigenvalue weighted by Crippen LogP contribution is -2.55. The molecule has 0 aliphatic carbocycles. The molecule has 0 saturated carbocycles. The Hall–Kier alpha value is -4.16. The Labute approximate surface area is 223 Å². The highest BCUT2D eigenvalue weighted by Gasteiger charge is 2.49. The van der Waals surface area contributed by atoms with Crippen molar-refractivity contribution in [2.45, 2.75) is 17.0 Å². The molecule has 0 radical (unpaired) electrons. The van der Waals surface area contributed by atoms with Crippen LogP contribution in [0.15, 0.2) is 123 Å². The fourth-order valence-corrected chi connectivity index (χ4v) is 5.74. The summed E-state index contributed by atoms with van der Waals surface area (Å²) in [6.07, 6.45) is 0. The Kier molecular flexibility index (Phi) is 5.92. The molecule has 1 aliphatic heterocycles. The van der Waals surface area contributed by atoms with Gasteiger partial charge in [0.1, 0.15) is 16.1 Å². The number of aryl methyl sites for hydroxylation is 1. The number of benzene rings is 4. The van der Waals surface area contributed by atoms with Gasteiger partial charge in [-0.1, -0.05) is 77.4 Å². The van der Waals surface area contributed by atoms with E-state index in [9.17, 15) is 13.0 Å². The van der Waals surface area contributed by atoms with Crippen LogP contribution in [-0.2, 0) is 10.1 Å². The summed E-state index contributed by atoms with van der Waals surface area (Å²) >= 11 is 1.33. The van der Waals surface area contributed by atoms with Crippen LogP contribution in [0.4, 0.5) is 11.4 Å². The highest BCUT2D eigenvalue weighted by molar-refractivity contribution is 7.99. The minimum Gasteiger partial charge on any atom is -0.426 e. The largest absolute Gasteiger partial charge is 0.426 e. The zero-order valence-electron chi connectivity index (χ0n) is 20.1. The summed E-state index contributed by atoms with van der Waals surface area (Å²) in [7, 11) is -4.62. The number of nitrogens with one attached hydrogen (secondary N) is 1. The third-order valence-electron chi connectivity index (χ3n) is 5.95. The molecule has 0 saturated heterocycles. The van der Waals surface area contributed by atoms with E-state index in [0.717, 1.165) is 22.5 Å². The van der Waals surface area contributed by atoms with Crippen LogP contribution in [0.25, 0.3) is 11.1 Å². The second kappa shape index (κ2) is 9.30. The molecule has 0 amide bonds. The second-order valence-electron chi connectivity index (χ2n) is 8.60. The van der Waals surface area contributed by atoms with Crippen molar-refractivity contribution < 1.29 is 17.4 Å². The molecule has 2 N–H and O–H groups in total. The first-order valence-electron chi connectivity index (χ1n) is 11.6. The highest BCUT2D eigenvalue weighted by Crippen LogP contribution is 2.45. The van der Waals surface area contributed by atoms with Gasteiger partial charge in [-0.2, -0.15) is 13.4 Å². The van der Waals surface area contributed by atoms with Gasteiger partial charge < -0.3 is 4.42 Å². The van der Waals surface area contributed by atoms with Crippen LogP contribution in [0.2, 0.25) is 0 Å². The third kappa shape index (κ3) is 4.31. The quantitative estimate of drug-likeness (QED) is 0.159. The Morgan fingerprint density at radius 3 is 2.26 bits per heavy atom. The van der Waals surface area contributed by atoms with Gasteiger partial charge in [-0.3, -0.25) is 4.55 Å². The van der Waals surface area contributed by atoms with Crippen molar-refractivity contribution >= 4 is 50.4 Å². The first kappa shape index (κ1) is 24.2. The monoisotopic (exact) mass is 544 g/mol. The minimum atomic E-state index is -4.62. The minimum absolute atomic E-state index is 0.124. The Balaban J connectivity index is 1.58. The van der Waals surface area contributed by atoms with Gasteiger partial charge in [-0.05, 0) is 36.3 Å². The number of amidine groups is 1. The van der Waals surface area contributed by atoms with Crippen LogP contribution in [0.5, 0.6) is 0 Å². The number of fused-ring (bicyclic) bond motifs is 1. The zero-order valence-corrected chi connectivity index (χ0v) is 21.7. The molecule has 6 rings (SSSR count). The molecule has 190 valence electrons. The lowest BCUT2D eigenvalue weighted by Gasteiger charge is -2.33. The Bertz CT molecular complexity index is 1760. The van der Waals surface area contributed by atoms with E-state index in [1.54, 1.807) is 12.1 Å². The van der Waals surface area contributed by atoms with Crippen LogP contribution in [0.3, 0.4) is 0 Å². The number of hydrogen-bond acceptors (Lipinski definition) is 8. The van der Waals surface area contributed by atoms with Crippen molar-refractivity contribution in [2.75, 3.05) is 5.12 Å². The number of para-hydroxylation sites is 1. The van der Waals surface area contributed by atoms with E-state index in [1.807, 2.05) is 103 Å². The molecule has 0 bridgehead atoms. The first-order valence-corrected chi connectivity index (χ1v) is 13.9. The molecule has 0 fully saturated rings. The van der Waals surface area contributed by atoms with E-state index < -0.39 is 15.3 Å². The van der Waals surface area contributed by atoms with Crippen LogP contribution < -0.4 is 14.7 Å². The van der Waals surface area contributed by atoms with Gasteiger partial charge in [-0.15, -0.1) is 0 Å². The van der Waals surface area contributed by atoms with Crippen LogP contribution in [0, 0.1) is 6.92 Å². The Morgan fingerprint density at radius 1 is 0.895 bits per heavy atom. The lowest BCUT2D eigenvalue weighted by molar-refractivity contribution is 0.408. The van der Waals surface area contributed by atoms with E-state index >= 15 is 0 Å². The summed E-state index contributed by atoms with van der Waals surface area (Å²) in [5, 5.41) is 6.38. The fourth-order valence-electron chi connectivity index (χ4n) is 4.13. The van der Waals surface area contributed by atoms with Gasteiger partial charge in [0.25, 0.3) is 0 Å². The Morgan fingerprint density at radius 2 is 1.58 bits per heavy atom. The standard InChI is InChI=1S/C27H21N5O4S2/c1-19-15-17-21(18-16-19)31-29-26(20-9-4-2-5-10-20)30-32(31,22-11-6-3-7-12-22)37-24-14-8-13-23-25(24)28-27(36-23)38(33,34)35/h2-18H,1H3,(H-,29,30,33,34,35)/p+1. The zero-order chi connectivity index (χ0) is 26.3. The van der Waals surface area contributed by atoms with Crippen LogP contribution in [0.1, 0.15) is 11.1 Å². The van der Waals surface area contributed by atoms with Gasteiger partial charge in [0.2, 0.25) is 5.84 Å². The number of quaternary nitrogens is 1. The summed E-state index contributed by atoms with van der Waals surface area (Å²) < 4.78 is 38.3. The lowest BCUT2D eigenvalue weighted by atomic mass is 10.2.